The standard InChI is InChI=1S/C18H17NO2.CH2F3NO2S/c1-14-17(12-13-20-16-10-6-3-7-11-16)19-18(21-14)15-8-4-2-5-9-15;2-1(3,4)8(5,6)7/h2-11H,12-13H2,1H3;(H2,5,6,7). The lowest BCUT2D eigenvalue weighted by molar-refractivity contribution is -0.0436. The van der Waals surface area contributed by atoms with Crippen LogP contribution in [0.25, 0.3) is 11.5 Å². The van der Waals surface area contributed by atoms with Gasteiger partial charge in [0, 0.05) is 12.0 Å². The monoisotopic (exact) mass is 428 g/mol. The third-order valence-corrected chi connectivity index (χ3v) is 4.23. The third kappa shape index (κ3) is 6.91. The summed E-state index contributed by atoms with van der Waals surface area (Å²) in [6, 6.07) is 19.7. The minimum absolute atomic E-state index is 0.589. The summed E-state index contributed by atoms with van der Waals surface area (Å²) in [5.41, 5.74) is -3.37. The zero-order valence-electron chi connectivity index (χ0n) is 15.4. The van der Waals surface area contributed by atoms with E-state index in [1.54, 1.807) is 0 Å². The minimum atomic E-state index is -5.34. The molecular formula is C19H19F3N2O4S. The van der Waals surface area contributed by atoms with Crippen LogP contribution in [0.5, 0.6) is 5.75 Å². The van der Waals surface area contributed by atoms with E-state index in [1.807, 2.05) is 67.6 Å². The summed E-state index contributed by atoms with van der Waals surface area (Å²) in [5.74, 6) is 2.40. The summed E-state index contributed by atoms with van der Waals surface area (Å²) >= 11 is 0. The molecule has 1 heterocycles. The van der Waals surface area contributed by atoms with Crippen molar-refractivity contribution < 1.29 is 30.7 Å². The van der Waals surface area contributed by atoms with Crippen molar-refractivity contribution >= 4 is 10.0 Å². The van der Waals surface area contributed by atoms with Gasteiger partial charge in [0.1, 0.15) is 11.5 Å². The molecule has 156 valence electrons. The fourth-order valence-corrected chi connectivity index (χ4v) is 2.15. The van der Waals surface area contributed by atoms with E-state index in [0.29, 0.717) is 12.5 Å². The predicted octanol–water partition coefficient (Wildman–Crippen LogP) is 4.07. The summed E-state index contributed by atoms with van der Waals surface area (Å²) < 4.78 is 62.6. The molecule has 3 aromatic rings. The van der Waals surface area contributed by atoms with E-state index in [1.165, 1.54) is 0 Å². The fourth-order valence-electron chi connectivity index (χ4n) is 2.15. The predicted molar refractivity (Wildman–Crippen MR) is 101 cm³/mol. The second kappa shape index (κ2) is 9.57. The Labute approximate surface area is 166 Å². The Balaban J connectivity index is 0.000000321. The van der Waals surface area contributed by atoms with E-state index in [2.05, 4.69) is 10.1 Å². The molecule has 2 aromatic carbocycles. The lowest BCUT2D eigenvalue weighted by Crippen LogP contribution is -2.30. The first kappa shape index (κ1) is 22.4. The summed E-state index contributed by atoms with van der Waals surface area (Å²) in [4.78, 5) is 4.56. The lowest BCUT2D eigenvalue weighted by atomic mass is 10.2. The molecule has 0 saturated carbocycles. The number of nitrogens with two attached hydrogens (primary N) is 1. The first-order valence-electron chi connectivity index (χ1n) is 8.36. The van der Waals surface area contributed by atoms with Gasteiger partial charge in [-0.3, -0.25) is 0 Å². The molecule has 6 nitrogen and oxygen atoms in total. The summed E-state index contributed by atoms with van der Waals surface area (Å²) in [6.07, 6.45) is 0.733. The normalized spacial score (nSPS) is 11.5. The fraction of sp³-hybridized carbons (Fsp3) is 0.211. The maximum absolute atomic E-state index is 10.8. The quantitative estimate of drug-likeness (QED) is 0.661. The zero-order valence-corrected chi connectivity index (χ0v) is 16.2. The molecule has 29 heavy (non-hydrogen) atoms. The van der Waals surface area contributed by atoms with Crippen molar-refractivity contribution in [2.24, 2.45) is 5.14 Å². The lowest BCUT2D eigenvalue weighted by Gasteiger charge is -2.04. The van der Waals surface area contributed by atoms with E-state index in [9.17, 15) is 21.6 Å². The van der Waals surface area contributed by atoms with Gasteiger partial charge in [0.15, 0.2) is 0 Å². The Kier molecular flexibility index (Phi) is 7.40. The molecule has 0 amide bonds. The van der Waals surface area contributed by atoms with Crippen LogP contribution in [0.1, 0.15) is 11.5 Å². The highest BCUT2D eigenvalue weighted by atomic mass is 32.2. The number of ether oxygens (including phenoxy) is 1. The smallest absolute Gasteiger partial charge is 0.493 e. The number of sulfonamides is 1. The first-order chi connectivity index (χ1) is 13.6. The van der Waals surface area contributed by atoms with E-state index in [-0.39, 0.29) is 0 Å². The van der Waals surface area contributed by atoms with E-state index in [4.69, 9.17) is 9.15 Å². The van der Waals surface area contributed by atoms with Crippen LogP contribution in [-0.2, 0) is 16.4 Å². The first-order valence-corrected chi connectivity index (χ1v) is 9.91. The number of para-hydroxylation sites is 1. The number of oxazole rings is 1. The van der Waals surface area contributed by atoms with Gasteiger partial charge >= 0.3 is 15.5 Å². The van der Waals surface area contributed by atoms with Crippen LogP contribution in [-0.4, -0.2) is 25.5 Å². The van der Waals surface area contributed by atoms with Gasteiger partial charge in [-0.1, -0.05) is 36.4 Å². The van der Waals surface area contributed by atoms with Crippen molar-refractivity contribution in [3.63, 3.8) is 0 Å². The molecule has 1 aromatic heterocycles. The Morgan fingerprint density at radius 3 is 2.07 bits per heavy atom. The second-order valence-corrected chi connectivity index (χ2v) is 7.34. The van der Waals surface area contributed by atoms with Gasteiger partial charge in [0.25, 0.3) is 0 Å². The maximum atomic E-state index is 10.8. The highest BCUT2D eigenvalue weighted by molar-refractivity contribution is 7.90. The molecule has 0 aliphatic heterocycles. The molecule has 0 saturated heterocycles. The molecule has 2 N–H and O–H groups in total. The Morgan fingerprint density at radius 2 is 1.55 bits per heavy atom. The van der Waals surface area contributed by atoms with Crippen LogP contribution in [0.3, 0.4) is 0 Å². The minimum Gasteiger partial charge on any atom is -0.493 e. The average Bonchev–Trinajstić information content (AvgIpc) is 3.03. The molecular weight excluding hydrogens is 409 g/mol. The van der Waals surface area contributed by atoms with Gasteiger partial charge < -0.3 is 9.15 Å². The zero-order chi connectivity index (χ0) is 21.5. The number of primary sulfonamides is 1. The summed E-state index contributed by atoms with van der Waals surface area (Å²) in [5, 5.41) is 3.66. The van der Waals surface area contributed by atoms with Crippen molar-refractivity contribution in [3.05, 3.63) is 72.1 Å². The van der Waals surface area contributed by atoms with Gasteiger partial charge in [-0.05, 0) is 31.2 Å². The molecule has 10 heteroatoms. The molecule has 3 rings (SSSR count). The number of hydrogen-bond donors (Lipinski definition) is 1. The number of nitrogens with zero attached hydrogens (tertiary/aromatic N) is 1. The molecule has 0 bridgehead atoms. The van der Waals surface area contributed by atoms with Crippen LogP contribution < -0.4 is 9.88 Å². The van der Waals surface area contributed by atoms with E-state index in [0.717, 1.165) is 29.2 Å². The molecule has 0 unspecified atom stereocenters. The molecule has 0 radical (unpaired) electrons. The van der Waals surface area contributed by atoms with E-state index < -0.39 is 15.5 Å². The van der Waals surface area contributed by atoms with Crippen molar-refractivity contribution in [2.75, 3.05) is 6.61 Å². The van der Waals surface area contributed by atoms with Gasteiger partial charge in [0.05, 0.1) is 12.3 Å². The number of alkyl halides is 3. The van der Waals surface area contributed by atoms with Crippen molar-refractivity contribution in [2.45, 2.75) is 18.9 Å². The second-order valence-electron chi connectivity index (χ2n) is 5.79. The molecule has 0 aliphatic rings. The number of hydrogen-bond acceptors (Lipinski definition) is 5. The van der Waals surface area contributed by atoms with Crippen LogP contribution in [0, 0.1) is 6.92 Å². The topological polar surface area (TPSA) is 95.4 Å². The van der Waals surface area contributed by atoms with Crippen molar-refractivity contribution in [1.29, 1.82) is 0 Å². The SMILES string of the molecule is Cc1oc(-c2ccccc2)nc1CCOc1ccccc1.NS(=O)(=O)C(F)(F)F. The number of rotatable bonds is 5. The number of aryl methyl sites for hydroxylation is 1. The maximum Gasteiger partial charge on any atom is 0.511 e. The Hall–Kier alpha value is -2.85. The molecule has 0 aliphatic carbocycles. The molecule has 0 atom stereocenters. The van der Waals surface area contributed by atoms with Gasteiger partial charge in [-0.25, -0.2) is 18.5 Å². The van der Waals surface area contributed by atoms with Gasteiger partial charge in [0.2, 0.25) is 5.89 Å². The van der Waals surface area contributed by atoms with E-state index >= 15 is 0 Å². The largest absolute Gasteiger partial charge is 0.511 e. The number of aromatic nitrogens is 1. The van der Waals surface area contributed by atoms with Crippen LogP contribution in [0.4, 0.5) is 13.2 Å². The highest BCUT2D eigenvalue weighted by Gasteiger charge is 2.42. The van der Waals surface area contributed by atoms with Crippen LogP contribution in [0.2, 0.25) is 0 Å². The molecule has 0 spiro atoms. The third-order valence-electron chi connectivity index (χ3n) is 3.59. The summed E-state index contributed by atoms with van der Waals surface area (Å²) in [6.45, 7) is 2.53. The van der Waals surface area contributed by atoms with Gasteiger partial charge in [-0.15, -0.1) is 0 Å². The van der Waals surface area contributed by atoms with Crippen molar-refractivity contribution in [3.8, 4) is 17.2 Å². The van der Waals surface area contributed by atoms with Crippen molar-refractivity contribution in [1.82, 2.24) is 4.98 Å². The highest BCUT2D eigenvalue weighted by Crippen LogP contribution is 2.22. The molecule has 0 fully saturated rings. The number of benzene rings is 2. The summed E-state index contributed by atoms with van der Waals surface area (Å²) in [7, 11) is -5.34. The van der Waals surface area contributed by atoms with Gasteiger partial charge in [-0.2, -0.15) is 13.2 Å². The number of halogens is 3. The Morgan fingerprint density at radius 1 is 1.03 bits per heavy atom. The van der Waals surface area contributed by atoms with Crippen LogP contribution in [0.15, 0.2) is 65.1 Å². The van der Waals surface area contributed by atoms with Crippen LogP contribution >= 0.6 is 0 Å². The average molecular weight is 428 g/mol. The Bertz CT molecular complexity index is 1000.